The highest BCUT2D eigenvalue weighted by molar-refractivity contribution is 5.98. The third kappa shape index (κ3) is 9.69. The van der Waals surface area contributed by atoms with Crippen LogP contribution in [0.5, 0.6) is 5.75 Å². The van der Waals surface area contributed by atoms with Crippen molar-refractivity contribution in [3.05, 3.63) is 41.5 Å². The number of ketones is 2. The Morgan fingerprint density at radius 1 is 1.05 bits per heavy atom. The molecule has 2 fully saturated rings. The van der Waals surface area contributed by atoms with Gasteiger partial charge in [0.15, 0.2) is 11.6 Å². The lowest BCUT2D eigenvalue weighted by molar-refractivity contribution is -0.135. The molecule has 1 aromatic rings. The van der Waals surface area contributed by atoms with E-state index in [2.05, 4.69) is 16.7 Å². The molecule has 0 spiro atoms. The van der Waals surface area contributed by atoms with E-state index in [4.69, 9.17) is 14.2 Å². The van der Waals surface area contributed by atoms with Crippen molar-refractivity contribution >= 4 is 23.4 Å². The Labute approximate surface area is 253 Å². The van der Waals surface area contributed by atoms with Gasteiger partial charge in [-0.05, 0) is 63.1 Å². The molecule has 0 saturated carbocycles. The third-order valence-electron chi connectivity index (χ3n) is 8.42. The summed E-state index contributed by atoms with van der Waals surface area (Å²) in [6, 6.07) is 5.28. The summed E-state index contributed by atoms with van der Waals surface area (Å²) in [6.45, 7) is 3.82. The molecule has 43 heavy (non-hydrogen) atoms. The lowest BCUT2D eigenvalue weighted by atomic mass is 9.88. The van der Waals surface area contributed by atoms with E-state index in [1.807, 2.05) is 17.0 Å². The molecule has 1 aromatic carbocycles. The molecule has 4 unspecified atom stereocenters. The van der Waals surface area contributed by atoms with Gasteiger partial charge in [0.1, 0.15) is 17.4 Å². The molecular weight excluding hydrogens is 554 g/mol. The average Bonchev–Trinajstić information content (AvgIpc) is 3.78. The Morgan fingerprint density at radius 3 is 2.37 bits per heavy atom. The van der Waals surface area contributed by atoms with Crippen LogP contribution in [0.25, 0.3) is 0 Å². The van der Waals surface area contributed by atoms with Gasteiger partial charge in [-0.2, -0.15) is 0 Å². The number of aliphatic hydroxyl groups excluding tert-OH is 1. The molecule has 0 aromatic heterocycles. The topological polar surface area (TPSA) is 147 Å². The zero-order valence-corrected chi connectivity index (χ0v) is 25.3. The molecule has 3 aliphatic rings. The van der Waals surface area contributed by atoms with Crippen LogP contribution in [0.1, 0.15) is 51.0 Å². The molecule has 1 aliphatic carbocycles. The summed E-state index contributed by atoms with van der Waals surface area (Å²) in [7, 11) is 1.56. The minimum Gasteiger partial charge on any atom is -0.497 e. The Morgan fingerprint density at radius 2 is 1.77 bits per heavy atom. The summed E-state index contributed by atoms with van der Waals surface area (Å²) in [5.74, 6) is -1.62. The summed E-state index contributed by atoms with van der Waals surface area (Å²) >= 11 is 0. The highest BCUT2D eigenvalue weighted by atomic mass is 16.6. The third-order valence-corrected chi connectivity index (χ3v) is 8.42. The lowest BCUT2D eigenvalue weighted by Crippen LogP contribution is -2.51. The maximum absolute atomic E-state index is 13.8. The Kier molecular flexibility index (Phi) is 11.9. The first-order chi connectivity index (χ1) is 20.7. The van der Waals surface area contributed by atoms with E-state index in [9.17, 15) is 24.3 Å². The van der Waals surface area contributed by atoms with Crippen LogP contribution in [0.3, 0.4) is 0 Å². The SMILES string of the molecule is COc1ccc(CC(CC(=O)C(CO)NC(=O)CN2CCOCC2)C(=O)NC(CC2=CCCCC2)C(=O)C2(C)CO2)cc1. The minimum atomic E-state index is -1.15. The van der Waals surface area contributed by atoms with Crippen LogP contribution in [0.2, 0.25) is 0 Å². The summed E-state index contributed by atoms with van der Waals surface area (Å²) in [6.07, 6.45) is 6.54. The molecule has 2 saturated heterocycles. The van der Waals surface area contributed by atoms with Crippen molar-refractivity contribution in [3.63, 3.8) is 0 Å². The first-order valence-corrected chi connectivity index (χ1v) is 15.2. The second kappa shape index (κ2) is 15.6. The van der Waals surface area contributed by atoms with Crippen molar-refractivity contribution in [1.29, 1.82) is 0 Å². The van der Waals surface area contributed by atoms with Crippen LogP contribution in [0.4, 0.5) is 0 Å². The van der Waals surface area contributed by atoms with Gasteiger partial charge in [-0.1, -0.05) is 23.8 Å². The van der Waals surface area contributed by atoms with Crippen molar-refractivity contribution in [2.75, 3.05) is 53.2 Å². The van der Waals surface area contributed by atoms with E-state index in [0.717, 1.165) is 36.8 Å². The van der Waals surface area contributed by atoms with E-state index in [1.54, 1.807) is 26.2 Å². The zero-order chi connectivity index (χ0) is 30.8. The van der Waals surface area contributed by atoms with Gasteiger partial charge >= 0.3 is 0 Å². The minimum absolute atomic E-state index is 0.0867. The predicted molar refractivity (Wildman–Crippen MR) is 159 cm³/mol. The number of allylic oxidation sites excluding steroid dienone is 1. The number of carbonyl (C=O) groups is 4. The van der Waals surface area contributed by atoms with Gasteiger partial charge in [0.05, 0.1) is 46.1 Å². The van der Waals surface area contributed by atoms with Gasteiger partial charge in [0.2, 0.25) is 11.8 Å². The van der Waals surface area contributed by atoms with Gasteiger partial charge in [0, 0.05) is 25.4 Å². The molecule has 2 amide bonds. The van der Waals surface area contributed by atoms with Crippen molar-refractivity contribution in [1.82, 2.24) is 15.5 Å². The van der Waals surface area contributed by atoms with Crippen molar-refractivity contribution in [3.8, 4) is 5.75 Å². The first-order valence-electron chi connectivity index (χ1n) is 15.2. The Balaban J connectivity index is 1.47. The monoisotopic (exact) mass is 599 g/mol. The number of nitrogens with zero attached hydrogens (tertiary/aromatic N) is 1. The Hall–Kier alpha value is -3.12. The number of epoxide rings is 1. The first kappa shape index (κ1) is 32.8. The van der Waals surface area contributed by atoms with E-state index >= 15 is 0 Å². The summed E-state index contributed by atoms with van der Waals surface area (Å²) in [4.78, 5) is 55.2. The molecule has 3 N–H and O–H groups in total. The van der Waals surface area contributed by atoms with Crippen molar-refractivity contribution in [2.24, 2.45) is 5.92 Å². The van der Waals surface area contributed by atoms with E-state index in [1.165, 1.54) is 0 Å². The maximum atomic E-state index is 13.8. The van der Waals surface area contributed by atoms with Gasteiger partial charge in [-0.3, -0.25) is 24.1 Å². The van der Waals surface area contributed by atoms with Gasteiger partial charge < -0.3 is 30.0 Å². The number of nitrogens with one attached hydrogen (secondary N) is 2. The molecular formula is C32H45N3O8. The fourth-order valence-electron chi connectivity index (χ4n) is 5.59. The van der Waals surface area contributed by atoms with Crippen LogP contribution in [-0.4, -0.2) is 104 Å². The van der Waals surface area contributed by atoms with Crippen LogP contribution >= 0.6 is 0 Å². The second-order valence-electron chi connectivity index (χ2n) is 11.9. The highest BCUT2D eigenvalue weighted by Crippen LogP contribution is 2.31. The average molecular weight is 600 g/mol. The maximum Gasteiger partial charge on any atom is 0.234 e. The highest BCUT2D eigenvalue weighted by Gasteiger charge is 2.50. The van der Waals surface area contributed by atoms with Crippen LogP contribution in [0.15, 0.2) is 35.9 Å². The molecule has 2 heterocycles. The number of aliphatic hydroxyl groups is 1. The number of methoxy groups -OCH3 is 1. The van der Waals surface area contributed by atoms with Crippen LogP contribution in [-0.2, 0) is 35.1 Å². The Bertz CT molecular complexity index is 1160. The van der Waals surface area contributed by atoms with Gasteiger partial charge in [-0.25, -0.2) is 0 Å². The fourth-order valence-corrected chi connectivity index (χ4v) is 5.59. The number of amides is 2. The fraction of sp³-hybridized carbons (Fsp3) is 0.625. The van der Waals surface area contributed by atoms with Crippen molar-refractivity contribution in [2.45, 2.75) is 69.6 Å². The van der Waals surface area contributed by atoms with E-state index in [-0.39, 0.29) is 31.1 Å². The predicted octanol–water partition coefficient (Wildman–Crippen LogP) is 1.36. The number of hydrogen-bond donors (Lipinski definition) is 3. The van der Waals surface area contributed by atoms with Gasteiger partial charge in [0.25, 0.3) is 0 Å². The lowest BCUT2D eigenvalue weighted by Gasteiger charge is -2.27. The number of hydrogen-bond acceptors (Lipinski definition) is 9. The molecule has 11 nitrogen and oxygen atoms in total. The zero-order valence-electron chi connectivity index (χ0n) is 25.3. The number of benzene rings is 1. The molecule has 2 aliphatic heterocycles. The molecule has 4 atom stereocenters. The largest absolute Gasteiger partial charge is 0.497 e. The number of rotatable bonds is 16. The smallest absolute Gasteiger partial charge is 0.234 e. The second-order valence-corrected chi connectivity index (χ2v) is 11.9. The molecule has 236 valence electrons. The number of Topliss-reactive ketones (excluding diaryl/α,β-unsaturated/α-hetero) is 2. The molecule has 0 bridgehead atoms. The molecule has 11 heteroatoms. The number of ether oxygens (including phenoxy) is 3. The summed E-state index contributed by atoms with van der Waals surface area (Å²) in [5.41, 5.74) is 1.03. The number of morpholine rings is 1. The molecule has 4 rings (SSSR count). The molecule has 0 radical (unpaired) electrons. The standard InChI is InChI=1S/C32H45N3O8/c1-32(21-43-32)30(39)26(17-22-6-4-3-5-7-22)34-31(40)24(16-23-8-10-25(41-2)11-9-23)18-28(37)27(20-36)33-29(38)19-35-12-14-42-15-13-35/h6,8-11,24,26-27,36H,3-5,7,12-21H2,1-2H3,(H,33,38)(H,34,40). The van der Waals surface area contributed by atoms with Crippen LogP contribution in [0, 0.1) is 5.92 Å². The van der Waals surface area contributed by atoms with Gasteiger partial charge in [-0.15, -0.1) is 0 Å². The van der Waals surface area contributed by atoms with E-state index in [0.29, 0.717) is 45.1 Å². The normalized spacial score (nSPS) is 22.4. The van der Waals surface area contributed by atoms with Crippen LogP contribution < -0.4 is 15.4 Å². The quantitative estimate of drug-likeness (QED) is 0.189. The summed E-state index contributed by atoms with van der Waals surface area (Å²) < 4.78 is 16.0. The van der Waals surface area contributed by atoms with E-state index < -0.39 is 41.9 Å². The number of carbonyl (C=O) groups excluding carboxylic acids is 4. The van der Waals surface area contributed by atoms with Crippen molar-refractivity contribution < 1.29 is 38.5 Å². The summed E-state index contributed by atoms with van der Waals surface area (Å²) in [5, 5.41) is 15.6.